The molecule has 0 unspecified atom stereocenters. The lowest BCUT2D eigenvalue weighted by atomic mass is 10.1. The molecule has 0 saturated heterocycles. The zero-order chi connectivity index (χ0) is 27.3. The molecule has 0 amide bonds. The SMILES string of the molecule is Cc1ncnc(C2CC2)c1-c1ncc2nc(CCc3ccc(NS(C)(=O)=O)cc3)c(=O)n([C@@H](C)C3CC3)c2n1. The van der Waals surface area contributed by atoms with Crippen molar-refractivity contribution in [1.82, 2.24) is 29.5 Å². The molecule has 3 heterocycles. The number of nitrogens with zero attached hydrogens (tertiary/aromatic N) is 6. The number of nitrogens with one attached hydrogen (secondary N) is 1. The number of fused-ring (bicyclic) bond motifs is 1. The molecule has 1 aromatic carbocycles. The van der Waals surface area contributed by atoms with Crippen LogP contribution in [0.1, 0.15) is 67.2 Å². The van der Waals surface area contributed by atoms with Gasteiger partial charge in [-0.2, -0.15) is 0 Å². The molecule has 4 aromatic rings. The highest BCUT2D eigenvalue weighted by Crippen LogP contribution is 2.43. The molecule has 39 heavy (non-hydrogen) atoms. The quantitative estimate of drug-likeness (QED) is 0.334. The van der Waals surface area contributed by atoms with Gasteiger partial charge in [0.15, 0.2) is 11.5 Å². The Kier molecular flexibility index (Phi) is 6.41. The zero-order valence-electron chi connectivity index (χ0n) is 22.3. The fourth-order valence-electron chi connectivity index (χ4n) is 5.15. The molecule has 1 N–H and O–H groups in total. The first-order valence-corrected chi connectivity index (χ1v) is 15.2. The number of anilines is 1. The molecule has 3 aromatic heterocycles. The Morgan fingerprint density at radius 2 is 1.77 bits per heavy atom. The van der Waals surface area contributed by atoms with Crippen molar-refractivity contribution < 1.29 is 8.42 Å². The van der Waals surface area contributed by atoms with Crippen molar-refractivity contribution in [3.63, 3.8) is 0 Å². The molecule has 0 spiro atoms. The van der Waals surface area contributed by atoms with E-state index in [1.807, 2.05) is 23.6 Å². The highest BCUT2D eigenvalue weighted by Gasteiger charge is 2.33. The number of hydrogen-bond acceptors (Lipinski definition) is 8. The van der Waals surface area contributed by atoms with Crippen molar-refractivity contribution in [2.75, 3.05) is 11.0 Å². The van der Waals surface area contributed by atoms with Crippen LogP contribution in [0.5, 0.6) is 0 Å². The average Bonchev–Trinajstić information content (AvgIpc) is 3.80. The third kappa shape index (κ3) is 5.40. The Labute approximate surface area is 227 Å². The monoisotopic (exact) mass is 545 g/mol. The predicted octanol–water partition coefficient (Wildman–Crippen LogP) is 3.96. The summed E-state index contributed by atoms with van der Waals surface area (Å²) in [6.45, 7) is 4.03. The lowest BCUT2D eigenvalue weighted by Crippen LogP contribution is -2.30. The molecule has 2 aliphatic rings. The van der Waals surface area contributed by atoms with E-state index in [2.05, 4.69) is 26.6 Å². The number of sulfonamides is 1. The maximum Gasteiger partial charge on any atom is 0.274 e. The van der Waals surface area contributed by atoms with Crippen LogP contribution in [0.3, 0.4) is 0 Å². The second-order valence-electron chi connectivity index (χ2n) is 10.8. The maximum atomic E-state index is 13.8. The summed E-state index contributed by atoms with van der Waals surface area (Å²) in [7, 11) is -3.34. The fourth-order valence-corrected chi connectivity index (χ4v) is 5.72. The standard InChI is InChI=1S/C28H31N7O3S/c1-16-24(25(20-9-10-20)31-15-30-16)26-29-14-23-27(33-26)35(17(2)19-7-8-19)28(36)22(32-23)13-6-18-4-11-21(12-5-18)34-39(3,37)38/h4-5,11-12,14-15,17,19-20,34H,6-10,13H2,1-3H3/t17-/m0/s1. The Hall–Kier alpha value is -3.73. The van der Waals surface area contributed by atoms with Gasteiger partial charge >= 0.3 is 0 Å². The Balaban J connectivity index is 1.37. The van der Waals surface area contributed by atoms with Gasteiger partial charge in [-0.1, -0.05) is 12.1 Å². The van der Waals surface area contributed by atoms with Crippen LogP contribution in [0.4, 0.5) is 5.69 Å². The summed E-state index contributed by atoms with van der Waals surface area (Å²) < 4.78 is 27.2. The minimum Gasteiger partial charge on any atom is -0.287 e. The molecule has 1 atom stereocenters. The average molecular weight is 546 g/mol. The van der Waals surface area contributed by atoms with E-state index in [9.17, 15) is 13.2 Å². The van der Waals surface area contributed by atoms with Crippen LogP contribution in [0.2, 0.25) is 0 Å². The molecule has 6 rings (SSSR count). The van der Waals surface area contributed by atoms with Crippen LogP contribution in [-0.4, -0.2) is 44.2 Å². The number of rotatable bonds is 9. The summed E-state index contributed by atoms with van der Waals surface area (Å²) in [5, 5.41) is 0. The van der Waals surface area contributed by atoms with Crippen LogP contribution < -0.4 is 10.3 Å². The predicted molar refractivity (Wildman–Crippen MR) is 149 cm³/mol. The summed E-state index contributed by atoms with van der Waals surface area (Å²) in [4.78, 5) is 37.1. The van der Waals surface area contributed by atoms with Gasteiger partial charge in [-0.05, 0) is 76.0 Å². The van der Waals surface area contributed by atoms with E-state index < -0.39 is 10.0 Å². The molecule has 10 nitrogen and oxygen atoms in total. The highest BCUT2D eigenvalue weighted by molar-refractivity contribution is 7.92. The molecule has 11 heteroatoms. The third-order valence-electron chi connectivity index (χ3n) is 7.57. The van der Waals surface area contributed by atoms with Gasteiger partial charge in [0.1, 0.15) is 17.5 Å². The number of benzene rings is 1. The van der Waals surface area contributed by atoms with Crippen LogP contribution in [0, 0.1) is 12.8 Å². The van der Waals surface area contributed by atoms with Gasteiger partial charge in [0.25, 0.3) is 5.56 Å². The molecule has 0 radical (unpaired) electrons. The van der Waals surface area contributed by atoms with Crippen LogP contribution in [0.25, 0.3) is 22.6 Å². The molecule has 202 valence electrons. The molecule has 2 aliphatic carbocycles. The molecular weight excluding hydrogens is 514 g/mol. The van der Waals surface area contributed by atoms with E-state index in [1.54, 1.807) is 24.7 Å². The fraction of sp³-hybridized carbons (Fsp3) is 0.429. The summed E-state index contributed by atoms with van der Waals surface area (Å²) in [6.07, 6.45) is 9.86. The smallest absolute Gasteiger partial charge is 0.274 e. The summed E-state index contributed by atoms with van der Waals surface area (Å²) in [6, 6.07) is 7.16. The molecule has 2 fully saturated rings. The minimum absolute atomic E-state index is 0.00173. The first-order chi connectivity index (χ1) is 18.7. The topological polar surface area (TPSA) is 133 Å². The highest BCUT2D eigenvalue weighted by atomic mass is 32.2. The van der Waals surface area contributed by atoms with Crippen LogP contribution >= 0.6 is 0 Å². The molecule has 0 bridgehead atoms. The first-order valence-electron chi connectivity index (χ1n) is 13.3. The number of aryl methyl sites for hydroxylation is 3. The normalized spacial score (nSPS) is 16.4. The van der Waals surface area contributed by atoms with E-state index >= 15 is 0 Å². The minimum atomic E-state index is -3.34. The van der Waals surface area contributed by atoms with E-state index in [0.717, 1.165) is 54.5 Å². The lowest BCUT2D eigenvalue weighted by molar-refractivity contribution is 0.478. The van der Waals surface area contributed by atoms with Gasteiger partial charge in [0, 0.05) is 17.6 Å². The summed E-state index contributed by atoms with van der Waals surface area (Å²) in [5.41, 5.74) is 5.65. The van der Waals surface area contributed by atoms with Gasteiger partial charge < -0.3 is 0 Å². The van der Waals surface area contributed by atoms with E-state index in [4.69, 9.17) is 9.97 Å². The Morgan fingerprint density at radius 1 is 1.03 bits per heavy atom. The Bertz CT molecular complexity index is 1730. The summed E-state index contributed by atoms with van der Waals surface area (Å²) >= 11 is 0. The van der Waals surface area contributed by atoms with Crippen molar-refractivity contribution in [2.45, 2.75) is 64.3 Å². The number of hydrogen-bond donors (Lipinski definition) is 1. The van der Waals surface area contributed by atoms with Crippen molar-refractivity contribution in [1.29, 1.82) is 0 Å². The van der Waals surface area contributed by atoms with Crippen LogP contribution in [0.15, 0.2) is 41.6 Å². The third-order valence-corrected chi connectivity index (χ3v) is 8.18. The molecular formula is C28H31N7O3S. The second-order valence-corrected chi connectivity index (χ2v) is 12.5. The van der Waals surface area contributed by atoms with Crippen molar-refractivity contribution in [2.24, 2.45) is 5.92 Å². The van der Waals surface area contributed by atoms with E-state index in [1.165, 1.54) is 0 Å². The van der Waals surface area contributed by atoms with Gasteiger partial charge in [0.2, 0.25) is 10.0 Å². The van der Waals surface area contributed by atoms with E-state index in [-0.39, 0.29) is 11.6 Å². The lowest BCUT2D eigenvalue weighted by Gasteiger charge is -2.18. The van der Waals surface area contributed by atoms with Crippen molar-refractivity contribution in [3.8, 4) is 11.4 Å². The van der Waals surface area contributed by atoms with Gasteiger partial charge in [-0.3, -0.25) is 14.1 Å². The summed E-state index contributed by atoms with van der Waals surface area (Å²) in [5.74, 6) is 1.39. The maximum absolute atomic E-state index is 13.8. The largest absolute Gasteiger partial charge is 0.287 e. The van der Waals surface area contributed by atoms with Crippen molar-refractivity contribution >= 4 is 26.9 Å². The first kappa shape index (κ1) is 25.5. The zero-order valence-corrected chi connectivity index (χ0v) is 23.1. The molecule has 0 aliphatic heterocycles. The van der Waals surface area contributed by atoms with Crippen LogP contribution in [-0.2, 0) is 22.9 Å². The van der Waals surface area contributed by atoms with Crippen molar-refractivity contribution in [3.05, 3.63) is 69.8 Å². The number of aromatic nitrogens is 6. The van der Waals surface area contributed by atoms with Gasteiger partial charge in [-0.25, -0.2) is 33.3 Å². The second kappa shape index (κ2) is 9.78. The van der Waals surface area contributed by atoms with Gasteiger partial charge in [-0.15, -0.1) is 0 Å². The van der Waals surface area contributed by atoms with E-state index in [0.29, 0.717) is 53.0 Å². The molecule has 2 saturated carbocycles. The van der Waals surface area contributed by atoms with Gasteiger partial charge in [0.05, 0.1) is 29.4 Å². The Morgan fingerprint density at radius 3 is 2.44 bits per heavy atom.